The molecule has 0 radical (unpaired) electrons. The summed E-state index contributed by atoms with van der Waals surface area (Å²) < 4.78 is 0. The van der Waals surface area contributed by atoms with Gasteiger partial charge in [-0.15, -0.1) is 0 Å². The Balaban J connectivity index is 1.61. The van der Waals surface area contributed by atoms with E-state index in [-0.39, 0.29) is 0 Å². The van der Waals surface area contributed by atoms with Crippen LogP contribution in [0.3, 0.4) is 0 Å². The van der Waals surface area contributed by atoms with E-state index < -0.39 is 0 Å². The third-order valence-electron chi connectivity index (χ3n) is 3.43. The Morgan fingerprint density at radius 1 is 1.21 bits per heavy atom. The number of likely N-dealkylation sites (tertiary alicyclic amines) is 1. The molecule has 3 nitrogen and oxygen atoms in total. The van der Waals surface area contributed by atoms with Crippen molar-refractivity contribution in [3.8, 4) is 0 Å². The van der Waals surface area contributed by atoms with Crippen molar-refractivity contribution in [2.75, 3.05) is 32.7 Å². The fraction of sp³-hybridized carbons (Fsp3) is 1.00. The van der Waals surface area contributed by atoms with Gasteiger partial charge >= 0.3 is 0 Å². The lowest BCUT2D eigenvalue weighted by Gasteiger charge is -2.23. The Hall–Kier alpha value is -0.120. The van der Waals surface area contributed by atoms with Gasteiger partial charge in [0.25, 0.3) is 0 Å². The normalized spacial score (nSPS) is 28.5. The molecule has 14 heavy (non-hydrogen) atoms. The fourth-order valence-electron chi connectivity index (χ4n) is 2.36. The maximum absolute atomic E-state index is 5.60. The van der Waals surface area contributed by atoms with Gasteiger partial charge in [-0.3, -0.25) is 4.90 Å². The van der Waals surface area contributed by atoms with Crippen LogP contribution in [0.1, 0.15) is 25.7 Å². The zero-order valence-electron chi connectivity index (χ0n) is 9.04. The second-order valence-electron chi connectivity index (χ2n) is 4.72. The highest BCUT2D eigenvalue weighted by atomic mass is 15.2. The second kappa shape index (κ2) is 5.10. The Morgan fingerprint density at radius 3 is 2.79 bits per heavy atom. The molecule has 0 bridgehead atoms. The highest BCUT2D eigenvalue weighted by Gasteiger charge is 2.25. The molecule has 1 unspecified atom stereocenters. The molecule has 0 spiro atoms. The zero-order valence-corrected chi connectivity index (χ0v) is 9.04. The molecule has 0 aromatic carbocycles. The van der Waals surface area contributed by atoms with Crippen molar-refractivity contribution in [3.63, 3.8) is 0 Å². The summed E-state index contributed by atoms with van der Waals surface area (Å²) in [5.74, 6) is 0.999. The maximum Gasteiger partial charge on any atom is 0.0221 e. The number of hydrogen-bond acceptors (Lipinski definition) is 3. The van der Waals surface area contributed by atoms with Crippen LogP contribution in [-0.2, 0) is 0 Å². The van der Waals surface area contributed by atoms with E-state index in [1.165, 1.54) is 45.3 Å². The molecule has 1 saturated carbocycles. The molecule has 0 aromatic rings. The third kappa shape index (κ3) is 2.94. The van der Waals surface area contributed by atoms with Crippen LogP contribution in [0.4, 0.5) is 0 Å². The molecule has 82 valence electrons. The molecule has 1 aliphatic heterocycles. The summed E-state index contributed by atoms with van der Waals surface area (Å²) in [5.41, 5.74) is 5.60. The first kappa shape index (κ1) is 10.4. The minimum absolute atomic E-state index is 0.761. The first-order chi connectivity index (χ1) is 6.90. The molecule has 2 rings (SSSR count). The van der Waals surface area contributed by atoms with Crippen LogP contribution in [0.25, 0.3) is 0 Å². The predicted molar refractivity (Wildman–Crippen MR) is 59.2 cm³/mol. The van der Waals surface area contributed by atoms with Gasteiger partial charge in [0.15, 0.2) is 0 Å². The van der Waals surface area contributed by atoms with Crippen LogP contribution in [0.2, 0.25) is 0 Å². The lowest BCUT2D eigenvalue weighted by Crippen LogP contribution is -2.40. The average Bonchev–Trinajstić information content (AvgIpc) is 2.89. The van der Waals surface area contributed by atoms with Crippen molar-refractivity contribution < 1.29 is 0 Å². The van der Waals surface area contributed by atoms with E-state index in [0.717, 1.165) is 25.0 Å². The van der Waals surface area contributed by atoms with Gasteiger partial charge < -0.3 is 11.1 Å². The van der Waals surface area contributed by atoms with E-state index >= 15 is 0 Å². The monoisotopic (exact) mass is 197 g/mol. The van der Waals surface area contributed by atoms with Crippen LogP contribution in [0.15, 0.2) is 0 Å². The predicted octanol–water partition coefficient (Wildman–Crippen LogP) is 0.409. The molecule has 2 fully saturated rings. The van der Waals surface area contributed by atoms with Crippen LogP contribution in [0, 0.1) is 5.92 Å². The first-order valence-electron chi connectivity index (χ1n) is 6.05. The molecule has 1 saturated heterocycles. The van der Waals surface area contributed by atoms with Gasteiger partial charge in [-0.2, -0.15) is 0 Å². The van der Waals surface area contributed by atoms with E-state index in [4.69, 9.17) is 5.73 Å². The molecule has 2 aliphatic rings. The number of nitrogens with one attached hydrogen (secondary N) is 1. The summed E-state index contributed by atoms with van der Waals surface area (Å²) in [6, 6.07) is 0.761. The lowest BCUT2D eigenvalue weighted by molar-refractivity contribution is 0.253. The number of rotatable bonds is 6. The van der Waals surface area contributed by atoms with Gasteiger partial charge in [-0.25, -0.2) is 0 Å². The summed E-state index contributed by atoms with van der Waals surface area (Å²) in [4.78, 5) is 2.54. The van der Waals surface area contributed by atoms with Gasteiger partial charge in [-0.1, -0.05) is 0 Å². The summed E-state index contributed by atoms with van der Waals surface area (Å²) >= 11 is 0. The highest BCUT2D eigenvalue weighted by Crippen LogP contribution is 2.27. The standard InChI is InChI=1S/C11H23N3/c12-5-7-14-6-1-2-11(14)9-13-8-10-3-4-10/h10-11,13H,1-9,12H2. The maximum atomic E-state index is 5.60. The summed E-state index contributed by atoms with van der Waals surface area (Å²) in [6.45, 7) is 5.56. The van der Waals surface area contributed by atoms with Crippen molar-refractivity contribution in [2.45, 2.75) is 31.7 Å². The number of hydrogen-bond donors (Lipinski definition) is 2. The number of nitrogens with two attached hydrogens (primary N) is 1. The van der Waals surface area contributed by atoms with Gasteiger partial charge in [0.1, 0.15) is 0 Å². The van der Waals surface area contributed by atoms with E-state index in [9.17, 15) is 0 Å². The molecule has 3 N–H and O–H groups in total. The largest absolute Gasteiger partial charge is 0.329 e. The van der Waals surface area contributed by atoms with Crippen LogP contribution in [-0.4, -0.2) is 43.7 Å². The van der Waals surface area contributed by atoms with Crippen LogP contribution in [0.5, 0.6) is 0 Å². The lowest BCUT2D eigenvalue weighted by atomic mass is 10.2. The Bertz CT molecular complexity index is 168. The van der Waals surface area contributed by atoms with Crippen molar-refractivity contribution in [1.29, 1.82) is 0 Å². The smallest absolute Gasteiger partial charge is 0.0221 e. The van der Waals surface area contributed by atoms with Crippen molar-refractivity contribution >= 4 is 0 Å². The molecule has 3 heteroatoms. The minimum Gasteiger partial charge on any atom is -0.329 e. The second-order valence-corrected chi connectivity index (χ2v) is 4.72. The summed E-state index contributed by atoms with van der Waals surface area (Å²) in [6.07, 6.45) is 5.61. The van der Waals surface area contributed by atoms with Gasteiger partial charge in [0.05, 0.1) is 0 Å². The van der Waals surface area contributed by atoms with Crippen molar-refractivity contribution in [2.24, 2.45) is 11.7 Å². The summed E-state index contributed by atoms with van der Waals surface area (Å²) in [5, 5.41) is 3.60. The fourth-order valence-corrected chi connectivity index (χ4v) is 2.36. The van der Waals surface area contributed by atoms with E-state index in [1.54, 1.807) is 0 Å². The molecule has 1 heterocycles. The highest BCUT2D eigenvalue weighted by molar-refractivity contribution is 4.82. The van der Waals surface area contributed by atoms with E-state index in [2.05, 4.69) is 10.2 Å². The molecule has 1 aliphatic carbocycles. The van der Waals surface area contributed by atoms with Crippen molar-refractivity contribution in [1.82, 2.24) is 10.2 Å². The van der Waals surface area contributed by atoms with E-state index in [0.29, 0.717) is 0 Å². The number of nitrogens with zero attached hydrogens (tertiary/aromatic N) is 1. The average molecular weight is 197 g/mol. The van der Waals surface area contributed by atoms with Crippen LogP contribution < -0.4 is 11.1 Å². The third-order valence-corrected chi connectivity index (χ3v) is 3.43. The van der Waals surface area contributed by atoms with Gasteiger partial charge in [-0.05, 0) is 44.7 Å². The van der Waals surface area contributed by atoms with Crippen LogP contribution >= 0.6 is 0 Å². The SMILES string of the molecule is NCCN1CCCC1CNCC1CC1. The summed E-state index contributed by atoms with van der Waals surface area (Å²) in [7, 11) is 0. The van der Waals surface area contributed by atoms with Gasteiger partial charge in [0, 0.05) is 25.7 Å². The quantitative estimate of drug-likeness (QED) is 0.648. The molecular weight excluding hydrogens is 174 g/mol. The van der Waals surface area contributed by atoms with E-state index in [1.807, 2.05) is 0 Å². The molecule has 0 amide bonds. The van der Waals surface area contributed by atoms with Crippen molar-refractivity contribution in [3.05, 3.63) is 0 Å². The Kier molecular flexibility index (Phi) is 3.79. The topological polar surface area (TPSA) is 41.3 Å². The first-order valence-corrected chi connectivity index (χ1v) is 6.05. The Labute approximate surface area is 87.0 Å². The molecular formula is C11H23N3. The Morgan fingerprint density at radius 2 is 2.07 bits per heavy atom. The zero-order chi connectivity index (χ0) is 9.80. The minimum atomic E-state index is 0.761. The molecule has 0 aromatic heterocycles. The van der Waals surface area contributed by atoms with Gasteiger partial charge in [0.2, 0.25) is 0 Å². The molecule has 1 atom stereocenters.